The summed E-state index contributed by atoms with van der Waals surface area (Å²) in [6.45, 7) is -0.681. The molecule has 134 valence electrons. The van der Waals surface area contributed by atoms with Crippen LogP contribution in [0.15, 0.2) is 18.2 Å². The monoisotopic (exact) mass is 346 g/mol. The summed E-state index contributed by atoms with van der Waals surface area (Å²) >= 11 is 0. The summed E-state index contributed by atoms with van der Waals surface area (Å²) in [6.07, 6.45) is 1.65. The van der Waals surface area contributed by atoms with Gasteiger partial charge in [-0.1, -0.05) is 0 Å². The van der Waals surface area contributed by atoms with E-state index in [0.717, 1.165) is 44.1 Å². The minimum atomic E-state index is -3.14. The number of methoxy groups -OCH3 is 1. The maximum atomic E-state index is 13.2. The molecule has 0 saturated carbocycles. The van der Waals surface area contributed by atoms with E-state index in [2.05, 4.69) is 15.4 Å². The molecule has 1 saturated heterocycles. The number of carbonyl (C=O) groups is 1. The van der Waals surface area contributed by atoms with Crippen molar-refractivity contribution in [2.24, 2.45) is 5.41 Å². The predicted molar refractivity (Wildman–Crippen MR) is 81.8 cm³/mol. The van der Waals surface area contributed by atoms with Gasteiger partial charge in [-0.05, 0) is 38.1 Å². The molecule has 0 radical (unpaired) electrons. The fourth-order valence-electron chi connectivity index (χ4n) is 2.88. The number of hydrogen-bond donors (Lipinski definition) is 2. The van der Waals surface area contributed by atoms with Crippen molar-refractivity contribution >= 4 is 5.91 Å². The molecule has 8 heteroatoms. The van der Waals surface area contributed by atoms with Gasteiger partial charge in [0.2, 0.25) is 0 Å². The number of hydrogen-bond acceptors (Lipinski definition) is 4. The van der Waals surface area contributed by atoms with Gasteiger partial charge in [-0.15, -0.1) is 0 Å². The Bertz CT molecular complexity index is 558. The molecule has 1 heterocycles. The van der Waals surface area contributed by atoms with Gasteiger partial charge in [-0.25, -0.2) is 4.39 Å². The molecule has 1 aliphatic rings. The van der Waals surface area contributed by atoms with Crippen LogP contribution in [0.5, 0.6) is 5.75 Å². The first-order valence-electron chi connectivity index (χ1n) is 7.68. The Hall–Kier alpha value is -1.80. The molecule has 1 aromatic rings. The summed E-state index contributed by atoms with van der Waals surface area (Å²) in [7, 11) is 1.60. The Kier molecular flexibility index (Phi) is 6.44. The third-order valence-corrected chi connectivity index (χ3v) is 4.14. The highest BCUT2D eigenvalue weighted by Crippen LogP contribution is 2.29. The molecular weight excluding hydrogens is 325 g/mol. The predicted octanol–water partition coefficient (Wildman–Crippen LogP) is 2.17. The summed E-state index contributed by atoms with van der Waals surface area (Å²) in [6, 6.07) is 2.94. The van der Waals surface area contributed by atoms with Crippen molar-refractivity contribution in [3.63, 3.8) is 0 Å². The number of ether oxygens (including phenoxy) is 2. The molecule has 1 fully saturated rings. The van der Waals surface area contributed by atoms with Gasteiger partial charge in [-0.2, -0.15) is 8.78 Å². The number of benzene rings is 1. The van der Waals surface area contributed by atoms with Crippen LogP contribution < -0.4 is 15.4 Å². The Labute approximate surface area is 138 Å². The number of halogens is 3. The van der Waals surface area contributed by atoms with Crippen LogP contribution in [-0.4, -0.2) is 45.9 Å². The van der Waals surface area contributed by atoms with Gasteiger partial charge in [0.25, 0.3) is 5.91 Å². The van der Waals surface area contributed by atoms with Crippen molar-refractivity contribution in [2.75, 3.05) is 33.4 Å². The molecule has 0 spiro atoms. The lowest BCUT2D eigenvalue weighted by molar-refractivity contribution is -0.0503. The summed E-state index contributed by atoms with van der Waals surface area (Å²) in [5.41, 5.74) is -0.336. The van der Waals surface area contributed by atoms with E-state index in [4.69, 9.17) is 4.74 Å². The molecular formula is C16H21F3N2O3. The van der Waals surface area contributed by atoms with E-state index in [1.54, 1.807) is 7.11 Å². The molecule has 0 aliphatic carbocycles. The van der Waals surface area contributed by atoms with Crippen LogP contribution in [0.3, 0.4) is 0 Å². The first-order chi connectivity index (χ1) is 11.5. The van der Waals surface area contributed by atoms with Crippen LogP contribution in [0.25, 0.3) is 0 Å². The lowest BCUT2D eigenvalue weighted by Gasteiger charge is -2.37. The number of rotatable bonds is 7. The second kappa shape index (κ2) is 8.34. The van der Waals surface area contributed by atoms with Gasteiger partial charge in [0.05, 0.1) is 12.2 Å². The molecule has 0 unspecified atom stereocenters. The van der Waals surface area contributed by atoms with Gasteiger partial charge in [0.15, 0.2) is 0 Å². The zero-order valence-corrected chi connectivity index (χ0v) is 13.4. The quantitative estimate of drug-likeness (QED) is 0.794. The van der Waals surface area contributed by atoms with Crippen LogP contribution in [0.4, 0.5) is 13.2 Å². The Morgan fingerprint density at radius 2 is 2.08 bits per heavy atom. The Morgan fingerprint density at radius 1 is 1.38 bits per heavy atom. The Morgan fingerprint density at radius 3 is 2.71 bits per heavy atom. The van der Waals surface area contributed by atoms with Crippen molar-refractivity contribution in [2.45, 2.75) is 19.5 Å². The molecule has 2 N–H and O–H groups in total. The smallest absolute Gasteiger partial charge is 0.387 e. The van der Waals surface area contributed by atoms with E-state index in [0.29, 0.717) is 13.2 Å². The second-order valence-corrected chi connectivity index (χ2v) is 5.88. The zero-order valence-electron chi connectivity index (χ0n) is 13.4. The second-order valence-electron chi connectivity index (χ2n) is 5.88. The third kappa shape index (κ3) is 4.85. The molecule has 0 bridgehead atoms. The van der Waals surface area contributed by atoms with Gasteiger partial charge < -0.3 is 20.1 Å². The average molecular weight is 346 g/mol. The number of alkyl halides is 2. The van der Waals surface area contributed by atoms with E-state index in [-0.39, 0.29) is 11.0 Å². The van der Waals surface area contributed by atoms with Crippen molar-refractivity contribution in [1.29, 1.82) is 0 Å². The van der Waals surface area contributed by atoms with Crippen LogP contribution in [0.2, 0.25) is 0 Å². The van der Waals surface area contributed by atoms with Crippen LogP contribution in [-0.2, 0) is 4.74 Å². The van der Waals surface area contributed by atoms with Gasteiger partial charge in [-0.3, -0.25) is 4.79 Å². The SMILES string of the molecule is COCC1(CNC(=O)c2ccc(F)cc2OC(F)F)CCNCC1. The standard InChI is InChI=1S/C16H21F3N2O3/c1-23-10-16(4-6-20-7-5-16)9-21-14(22)12-3-2-11(17)8-13(12)24-15(18)19/h2-3,8,15,20H,4-7,9-10H2,1H3,(H,21,22). The number of amides is 1. The fraction of sp³-hybridized carbons (Fsp3) is 0.562. The molecule has 24 heavy (non-hydrogen) atoms. The largest absolute Gasteiger partial charge is 0.434 e. The minimum Gasteiger partial charge on any atom is -0.434 e. The minimum absolute atomic E-state index is 0.127. The number of carbonyl (C=O) groups excluding carboxylic acids is 1. The van der Waals surface area contributed by atoms with Crippen molar-refractivity contribution in [1.82, 2.24) is 10.6 Å². The van der Waals surface area contributed by atoms with E-state index < -0.39 is 24.1 Å². The van der Waals surface area contributed by atoms with Gasteiger partial charge >= 0.3 is 6.61 Å². The first-order valence-corrected chi connectivity index (χ1v) is 7.68. The normalized spacial score (nSPS) is 16.9. The van der Waals surface area contributed by atoms with Crippen molar-refractivity contribution in [3.05, 3.63) is 29.6 Å². The lowest BCUT2D eigenvalue weighted by atomic mass is 9.79. The van der Waals surface area contributed by atoms with Crippen molar-refractivity contribution < 1.29 is 27.4 Å². The van der Waals surface area contributed by atoms with Crippen LogP contribution >= 0.6 is 0 Å². The number of piperidine rings is 1. The molecule has 2 rings (SSSR count). The molecule has 0 aromatic heterocycles. The fourth-order valence-corrected chi connectivity index (χ4v) is 2.88. The van der Waals surface area contributed by atoms with E-state index in [1.165, 1.54) is 0 Å². The van der Waals surface area contributed by atoms with E-state index in [9.17, 15) is 18.0 Å². The van der Waals surface area contributed by atoms with E-state index >= 15 is 0 Å². The van der Waals surface area contributed by atoms with Crippen LogP contribution in [0.1, 0.15) is 23.2 Å². The first kappa shape index (κ1) is 18.5. The molecule has 1 aromatic carbocycles. The summed E-state index contributed by atoms with van der Waals surface area (Å²) in [5.74, 6) is -1.82. The topological polar surface area (TPSA) is 59.6 Å². The van der Waals surface area contributed by atoms with Crippen LogP contribution in [0, 0.1) is 11.2 Å². The summed E-state index contributed by atoms with van der Waals surface area (Å²) in [5, 5.41) is 5.97. The Balaban J connectivity index is 2.08. The number of nitrogens with one attached hydrogen (secondary N) is 2. The maximum Gasteiger partial charge on any atom is 0.387 e. The molecule has 5 nitrogen and oxygen atoms in total. The maximum absolute atomic E-state index is 13.2. The van der Waals surface area contributed by atoms with Crippen molar-refractivity contribution in [3.8, 4) is 5.75 Å². The summed E-state index contributed by atoms with van der Waals surface area (Å²) in [4.78, 5) is 12.3. The molecule has 0 atom stereocenters. The highest BCUT2D eigenvalue weighted by molar-refractivity contribution is 5.96. The summed E-state index contributed by atoms with van der Waals surface area (Å²) < 4.78 is 47.6. The third-order valence-electron chi connectivity index (χ3n) is 4.14. The molecule has 1 aliphatic heterocycles. The molecule has 1 amide bonds. The highest BCUT2D eigenvalue weighted by atomic mass is 19.3. The highest BCUT2D eigenvalue weighted by Gasteiger charge is 2.33. The zero-order chi connectivity index (χ0) is 17.6. The average Bonchev–Trinajstić information content (AvgIpc) is 2.53. The van der Waals surface area contributed by atoms with Gasteiger partial charge in [0.1, 0.15) is 11.6 Å². The lowest BCUT2D eigenvalue weighted by Crippen LogP contribution is -2.47. The van der Waals surface area contributed by atoms with E-state index in [1.807, 2.05) is 0 Å². The van der Waals surface area contributed by atoms with Gasteiger partial charge in [0, 0.05) is 25.1 Å².